The van der Waals surface area contributed by atoms with Crippen LogP contribution in [0.15, 0.2) is 23.1 Å². The van der Waals surface area contributed by atoms with Gasteiger partial charge in [0.2, 0.25) is 5.91 Å². The molecule has 0 spiro atoms. The van der Waals surface area contributed by atoms with Crippen LogP contribution in [0.5, 0.6) is 0 Å². The van der Waals surface area contributed by atoms with E-state index in [-0.39, 0.29) is 11.8 Å². The first-order valence-electron chi connectivity index (χ1n) is 7.09. The van der Waals surface area contributed by atoms with Crippen molar-refractivity contribution in [2.24, 2.45) is 11.8 Å². The van der Waals surface area contributed by atoms with Crippen LogP contribution in [-0.2, 0) is 9.59 Å². The summed E-state index contributed by atoms with van der Waals surface area (Å²) in [5, 5.41) is 9.11. The first kappa shape index (κ1) is 15.9. The van der Waals surface area contributed by atoms with Crippen LogP contribution >= 0.6 is 11.8 Å². The third-order valence-corrected chi connectivity index (χ3v) is 5.12. The van der Waals surface area contributed by atoms with Crippen LogP contribution in [0, 0.1) is 25.7 Å². The molecule has 1 aromatic rings. The number of hydrogen-bond donors (Lipinski definition) is 1. The molecular weight excluding hydrogens is 286 g/mol. The summed E-state index contributed by atoms with van der Waals surface area (Å²) in [7, 11) is 0. The highest BCUT2D eigenvalue weighted by atomic mass is 32.2. The van der Waals surface area contributed by atoms with E-state index in [0.717, 1.165) is 10.5 Å². The van der Waals surface area contributed by atoms with E-state index in [2.05, 4.69) is 18.2 Å². The molecule has 21 heavy (non-hydrogen) atoms. The summed E-state index contributed by atoms with van der Waals surface area (Å²) in [6, 6.07) is 6.20. The lowest BCUT2D eigenvalue weighted by Gasteiger charge is -2.16. The van der Waals surface area contributed by atoms with Crippen molar-refractivity contribution in [2.45, 2.75) is 25.7 Å². The van der Waals surface area contributed by atoms with Crippen LogP contribution in [0.1, 0.15) is 18.1 Å². The number of amides is 1. The maximum Gasteiger partial charge on any atom is 0.308 e. The normalized spacial score (nSPS) is 21.6. The predicted octanol–water partition coefficient (Wildman–Crippen LogP) is 2.57. The van der Waals surface area contributed by atoms with Crippen molar-refractivity contribution in [1.82, 2.24) is 4.90 Å². The molecular formula is C16H21NO3S. The Kier molecular flexibility index (Phi) is 4.93. The Morgan fingerprint density at radius 1 is 1.33 bits per heavy atom. The largest absolute Gasteiger partial charge is 0.481 e. The van der Waals surface area contributed by atoms with Gasteiger partial charge in [-0.3, -0.25) is 9.59 Å². The van der Waals surface area contributed by atoms with E-state index in [1.165, 1.54) is 17.3 Å². The molecule has 0 saturated carbocycles. The van der Waals surface area contributed by atoms with Gasteiger partial charge >= 0.3 is 5.97 Å². The summed E-state index contributed by atoms with van der Waals surface area (Å²) in [5.41, 5.74) is 2.34. The predicted molar refractivity (Wildman–Crippen MR) is 83.5 cm³/mol. The maximum absolute atomic E-state index is 12.2. The fourth-order valence-electron chi connectivity index (χ4n) is 2.59. The molecule has 1 saturated heterocycles. The van der Waals surface area contributed by atoms with Crippen molar-refractivity contribution in [1.29, 1.82) is 0 Å². The van der Waals surface area contributed by atoms with Crippen molar-refractivity contribution >= 4 is 23.6 Å². The number of likely N-dealkylation sites (tertiary alicyclic amines) is 1. The van der Waals surface area contributed by atoms with Crippen molar-refractivity contribution < 1.29 is 14.7 Å². The van der Waals surface area contributed by atoms with Crippen LogP contribution in [0.25, 0.3) is 0 Å². The number of nitrogens with zero attached hydrogens (tertiary/aromatic N) is 1. The molecule has 1 heterocycles. The Morgan fingerprint density at radius 3 is 2.67 bits per heavy atom. The van der Waals surface area contributed by atoms with Crippen LogP contribution in [0.3, 0.4) is 0 Å². The molecule has 1 aliphatic heterocycles. The van der Waals surface area contributed by atoms with Gasteiger partial charge in [0.25, 0.3) is 0 Å². The number of carboxylic acid groups (broad SMARTS) is 1. The molecule has 1 aliphatic rings. The number of rotatable bonds is 4. The quantitative estimate of drug-likeness (QED) is 0.869. The third kappa shape index (κ3) is 3.79. The summed E-state index contributed by atoms with van der Waals surface area (Å²) in [5.74, 6) is -0.822. The Bertz CT molecular complexity index is 558. The van der Waals surface area contributed by atoms with Gasteiger partial charge < -0.3 is 10.0 Å². The van der Waals surface area contributed by atoms with Gasteiger partial charge in [-0.1, -0.05) is 24.6 Å². The molecule has 0 bridgehead atoms. The van der Waals surface area contributed by atoms with Gasteiger partial charge in [-0.25, -0.2) is 0 Å². The van der Waals surface area contributed by atoms with E-state index in [1.807, 2.05) is 20.8 Å². The van der Waals surface area contributed by atoms with E-state index >= 15 is 0 Å². The first-order chi connectivity index (χ1) is 9.88. The van der Waals surface area contributed by atoms with Gasteiger partial charge in [0.15, 0.2) is 0 Å². The lowest BCUT2D eigenvalue weighted by molar-refractivity contribution is -0.142. The zero-order valence-electron chi connectivity index (χ0n) is 12.6. The minimum atomic E-state index is -0.806. The number of hydrogen-bond acceptors (Lipinski definition) is 3. The molecule has 114 valence electrons. The highest BCUT2D eigenvalue weighted by Gasteiger charge is 2.36. The molecule has 0 aliphatic carbocycles. The molecule has 1 amide bonds. The molecule has 1 N–H and O–H groups in total. The molecule has 0 unspecified atom stereocenters. The minimum absolute atomic E-state index is 0.0245. The Morgan fingerprint density at radius 2 is 2.05 bits per heavy atom. The Hall–Kier alpha value is -1.49. The molecule has 1 fully saturated rings. The van der Waals surface area contributed by atoms with Gasteiger partial charge in [-0.2, -0.15) is 0 Å². The van der Waals surface area contributed by atoms with Gasteiger partial charge in [0.05, 0.1) is 11.7 Å². The molecule has 1 aromatic carbocycles. The second-order valence-electron chi connectivity index (χ2n) is 5.78. The molecule has 0 aromatic heterocycles. The minimum Gasteiger partial charge on any atom is -0.481 e. The highest BCUT2D eigenvalue weighted by molar-refractivity contribution is 8.00. The number of aliphatic carboxylic acids is 1. The smallest absolute Gasteiger partial charge is 0.308 e. The van der Waals surface area contributed by atoms with Crippen molar-refractivity contribution in [3.63, 3.8) is 0 Å². The fraction of sp³-hybridized carbons (Fsp3) is 0.500. The maximum atomic E-state index is 12.2. The second kappa shape index (κ2) is 6.52. The van der Waals surface area contributed by atoms with E-state index in [9.17, 15) is 9.59 Å². The molecule has 0 radical (unpaired) electrons. The van der Waals surface area contributed by atoms with E-state index in [4.69, 9.17) is 5.11 Å². The number of carbonyl (C=O) groups excluding carboxylic acids is 1. The summed E-state index contributed by atoms with van der Waals surface area (Å²) >= 11 is 1.53. The highest BCUT2D eigenvalue weighted by Crippen LogP contribution is 2.27. The van der Waals surface area contributed by atoms with Gasteiger partial charge in [0, 0.05) is 18.0 Å². The summed E-state index contributed by atoms with van der Waals surface area (Å²) in [6.07, 6.45) is 0. The monoisotopic (exact) mass is 307 g/mol. The van der Waals surface area contributed by atoms with Crippen molar-refractivity contribution in [3.8, 4) is 0 Å². The topological polar surface area (TPSA) is 57.6 Å². The number of thioether (sulfide) groups is 1. The Balaban J connectivity index is 1.94. The lowest BCUT2D eigenvalue weighted by Crippen LogP contribution is -2.31. The fourth-order valence-corrected chi connectivity index (χ4v) is 3.61. The zero-order chi connectivity index (χ0) is 15.6. The average Bonchev–Trinajstić information content (AvgIpc) is 2.82. The summed E-state index contributed by atoms with van der Waals surface area (Å²) in [4.78, 5) is 26.1. The van der Waals surface area contributed by atoms with Crippen LogP contribution in [0.2, 0.25) is 0 Å². The first-order valence-corrected chi connectivity index (χ1v) is 8.07. The van der Waals surface area contributed by atoms with Gasteiger partial charge in [-0.15, -0.1) is 11.8 Å². The molecule has 4 nitrogen and oxygen atoms in total. The lowest BCUT2D eigenvalue weighted by atomic mass is 9.99. The number of carboxylic acids is 1. The van der Waals surface area contributed by atoms with Crippen LogP contribution < -0.4 is 0 Å². The van der Waals surface area contributed by atoms with Crippen LogP contribution in [-0.4, -0.2) is 40.7 Å². The average molecular weight is 307 g/mol. The molecule has 2 rings (SSSR count). The van der Waals surface area contributed by atoms with E-state index in [0.29, 0.717) is 18.8 Å². The van der Waals surface area contributed by atoms with Crippen molar-refractivity contribution in [2.75, 3.05) is 18.8 Å². The summed E-state index contributed by atoms with van der Waals surface area (Å²) < 4.78 is 0. The molecule has 2 atom stereocenters. The molecule has 5 heteroatoms. The zero-order valence-corrected chi connectivity index (χ0v) is 13.4. The van der Waals surface area contributed by atoms with Gasteiger partial charge in [0.1, 0.15) is 0 Å². The number of aryl methyl sites for hydroxylation is 2. The number of benzene rings is 1. The SMILES string of the molecule is Cc1ccc(C)c(SCC(=O)N2C[C@@H](C)[C@H](C(=O)O)C2)c1. The number of carbonyl (C=O) groups is 2. The van der Waals surface area contributed by atoms with Crippen molar-refractivity contribution in [3.05, 3.63) is 29.3 Å². The second-order valence-corrected chi connectivity index (χ2v) is 6.80. The third-order valence-electron chi connectivity index (χ3n) is 3.98. The van der Waals surface area contributed by atoms with E-state index < -0.39 is 11.9 Å². The van der Waals surface area contributed by atoms with E-state index in [1.54, 1.807) is 4.90 Å². The Labute approximate surface area is 129 Å². The summed E-state index contributed by atoms with van der Waals surface area (Å²) in [6.45, 7) is 6.84. The van der Waals surface area contributed by atoms with Gasteiger partial charge in [-0.05, 0) is 31.4 Å². The van der Waals surface area contributed by atoms with Crippen LogP contribution in [0.4, 0.5) is 0 Å². The standard InChI is InChI=1S/C16H21NO3S/c1-10-4-5-11(2)14(6-10)21-9-15(18)17-7-12(3)13(8-17)16(19)20/h4-6,12-13H,7-9H2,1-3H3,(H,19,20)/t12-,13-/m1/s1.